The van der Waals surface area contributed by atoms with Crippen LogP contribution in [0.1, 0.15) is 32.5 Å². The summed E-state index contributed by atoms with van der Waals surface area (Å²) in [6.45, 7) is 5.53. The van der Waals surface area contributed by atoms with Crippen LogP contribution in [0.15, 0.2) is 6.07 Å². The number of likely N-dealkylation sites (tertiary alicyclic amines) is 1. The van der Waals surface area contributed by atoms with Crippen LogP contribution < -0.4 is 5.32 Å². The van der Waals surface area contributed by atoms with Crippen LogP contribution in [0.2, 0.25) is 5.15 Å². The van der Waals surface area contributed by atoms with Gasteiger partial charge in [-0.25, -0.2) is 9.97 Å². The summed E-state index contributed by atoms with van der Waals surface area (Å²) in [5, 5.41) is 3.51. The molecule has 1 aliphatic rings. The van der Waals surface area contributed by atoms with Crippen molar-refractivity contribution in [3.05, 3.63) is 17.0 Å². The summed E-state index contributed by atoms with van der Waals surface area (Å²) in [6.07, 6.45) is 2.90. The van der Waals surface area contributed by atoms with E-state index in [1.807, 2.05) is 18.7 Å². The van der Waals surface area contributed by atoms with Crippen LogP contribution in [0.4, 0.5) is 5.82 Å². The van der Waals surface area contributed by atoms with E-state index < -0.39 is 0 Å². The smallest absolute Gasteiger partial charge is 0.244 e. The van der Waals surface area contributed by atoms with Crippen molar-refractivity contribution < 1.29 is 4.79 Å². The van der Waals surface area contributed by atoms with Gasteiger partial charge >= 0.3 is 0 Å². The molecule has 1 amide bonds. The molecule has 2 rings (SSSR count). The molecule has 1 unspecified atom stereocenters. The molecule has 19 heavy (non-hydrogen) atoms. The maximum absolute atomic E-state index is 12.2. The highest BCUT2D eigenvalue weighted by atomic mass is 35.5. The van der Waals surface area contributed by atoms with Gasteiger partial charge in [0.2, 0.25) is 5.91 Å². The second-order valence-corrected chi connectivity index (χ2v) is 5.13. The maximum atomic E-state index is 12.2. The summed E-state index contributed by atoms with van der Waals surface area (Å²) < 4.78 is 0. The number of carbonyl (C=O) groups is 1. The Labute approximate surface area is 118 Å². The van der Waals surface area contributed by atoms with E-state index in [2.05, 4.69) is 15.3 Å². The van der Waals surface area contributed by atoms with E-state index in [0.29, 0.717) is 23.2 Å². The highest BCUT2D eigenvalue weighted by Gasteiger charge is 2.23. The second-order valence-electron chi connectivity index (χ2n) is 4.74. The average Bonchev–Trinajstić information content (AvgIpc) is 2.90. The van der Waals surface area contributed by atoms with E-state index in [-0.39, 0.29) is 11.9 Å². The Balaban J connectivity index is 2.03. The topological polar surface area (TPSA) is 58.1 Å². The third kappa shape index (κ3) is 3.56. The average molecular weight is 283 g/mol. The molecule has 0 radical (unpaired) electrons. The minimum Gasteiger partial charge on any atom is -0.358 e. The Morgan fingerprint density at radius 2 is 2.16 bits per heavy atom. The highest BCUT2D eigenvalue weighted by Crippen LogP contribution is 2.15. The van der Waals surface area contributed by atoms with Crippen LogP contribution >= 0.6 is 11.6 Å². The van der Waals surface area contributed by atoms with E-state index in [4.69, 9.17) is 11.6 Å². The highest BCUT2D eigenvalue weighted by molar-refractivity contribution is 6.29. The van der Waals surface area contributed by atoms with Crippen LogP contribution in [0.5, 0.6) is 0 Å². The molecule has 0 bridgehead atoms. The molecule has 5 nitrogen and oxygen atoms in total. The molecule has 2 heterocycles. The molecule has 0 spiro atoms. The molecular formula is C13H19ClN4O. The number of aromatic nitrogens is 2. The van der Waals surface area contributed by atoms with Gasteiger partial charge in [-0.2, -0.15) is 0 Å². The monoisotopic (exact) mass is 282 g/mol. The third-order valence-corrected chi connectivity index (χ3v) is 3.40. The maximum Gasteiger partial charge on any atom is 0.244 e. The van der Waals surface area contributed by atoms with Crippen LogP contribution in [0, 0.1) is 0 Å². The number of anilines is 1. The Morgan fingerprint density at radius 3 is 2.79 bits per heavy atom. The first-order valence-electron chi connectivity index (χ1n) is 6.69. The lowest BCUT2D eigenvalue weighted by Gasteiger charge is -2.21. The molecular weight excluding hydrogens is 264 g/mol. The molecule has 1 aromatic rings. The van der Waals surface area contributed by atoms with Crippen molar-refractivity contribution in [2.45, 2.75) is 39.2 Å². The van der Waals surface area contributed by atoms with Crippen molar-refractivity contribution in [2.24, 2.45) is 0 Å². The SMILES string of the molecule is CCc1nc(Cl)cc(NC(C)C(=O)N2CCCC2)n1. The largest absolute Gasteiger partial charge is 0.358 e. The van der Waals surface area contributed by atoms with Crippen LogP contribution in [0.3, 0.4) is 0 Å². The number of halogens is 1. The zero-order valence-electron chi connectivity index (χ0n) is 11.3. The van der Waals surface area contributed by atoms with Gasteiger partial charge in [0.15, 0.2) is 0 Å². The van der Waals surface area contributed by atoms with Gasteiger partial charge < -0.3 is 10.2 Å². The quantitative estimate of drug-likeness (QED) is 0.860. The summed E-state index contributed by atoms with van der Waals surface area (Å²) in [5.74, 6) is 1.40. The number of nitrogens with one attached hydrogen (secondary N) is 1. The molecule has 0 aromatic carbocycles. The molecule has 1 atom stereocenters. The van der Waals surface area contributed by atoms with Gasteiger partial charge in [-0.05, 0) is 19.8 Å². The van der Waals surface area contributed by atoms with Gasteiger partial charge in [0.1, 0.15) is 22.8 Å². The van der Waals surface area contributed by atoms with Gasteiger partial charge in [0.25, 0.3) is 0 Å². The molecule has 1 saturated heterocycles. The Hall–Kier alpha value is -1.36. The number of amides is 1. The lowest BCUT2D eigenvalue weighted by atomic mass is 10.3. The van der Waals surface area contributed by atoms with E-state index in [1.165, 1.54) is 0 Å². The molecule has 0 saturated carbocycles. The Kier molecular flexibility index (Phi) is 4.58. The standard InChI is InChI=1S/C13H19ClN4O/c1-3-11-16-10(14)8-12(17-11)15-9(2)13(19)18-6-4-5-7-18/h8-9H,3-7H2,1-2H3,(H,15,16,17). The molecule has 1 N–H and O–H groups in total. The zero-order chi connectivity index (χ0) is 13.8. The number of nitrogens with zero attached hydrogens (tertiary/aromatic N) is 3. The van der Waals surface area contributed by atoms with Crippen molar-refractivity contribution in [1.82, 2.24) is 14.9 Å². The molecule has 6 heteroatoms. The van der Waals surface area contributed by atoms with Crippen molar-refractivity contribution in [2.75, 3.05) is 18.4 Å². The molecule has 1 fully saturated rings. The lowest BCUT2D eigenvalue weighted by Crippen LogP contribution is -2.39. The van der Waals surface area contributed by atoms with Gasteiger partial charge in [-0.1, -0.05) is 18.5 Å². The molecule has 1 aliphatic heterocycles. The van der Waals surface area contributed by atoms with Gasteiger partial charge in [-0.3, -0.25) is 4.79 Å². The number of carbonyl (C=O) groups excluding carboxylic acids is 1. The number of aryl methyl sites for hydroxylation is 1. The van der Waals surface area contributed by atoms with Crippen molar-refractivity contribution in [1.29, 1.82) is 0 Å². The van der Waals surface area contributed by atoms with Gasteiger partial charge in [-0.15, -0.1) is 0 Å². The fourth-order valence-electron chi connectivity index (χ4n) is 2.19. The van der Waals surface area contributed by atoms with E-state index >= 15 is 0 Å². The summed E-state index contributed by atoms with van der Waals surface area (Å²) in [4.78, 5) is 22.5. The van der Waals surface area contributed by atoms with Crippen molar-refractivity contribution >= 4 is 23.3 Å². The van der Waals surface area contributed by atoms with Crippen LogP contribution in [-0.2, 0) is 11.2 Å². The normalized spacial score (nSPS) is 16.5. The minimum absolute atomic E-state index is 0.116. The summed E-state index contributed by atoms with van der Waals surface area (Å²) >= 11 is 5.93. The van der Waals surface area contributed by atoms with Crippen LogP contribution in [-0.4, -0.2) is 39.9 Å². The van der Waals surface area contributed by atoms with Crippen molar-refractivity contribution in [3.63, 3.8) is 0 Å². The Bertz CT molecular complexity index is 460. The minimum atomic E-state index is -0.297. The number of rotatable bonds is 4. The first-order valence-corrected chi connectivity index (χ1v) is 7.06. The van der Waals surface area contributed by atoms with Crippen LogP contribution in [0.25, 0.3) is 0 Å². The second kappa shape index (κ2) is 6.19. The predicted molar refractivity (Wildman–Crippen MR) is 75.3 cm³/mol. The fraction of sp³-hybridized carbons (Fsp3) is 0.615. The third-order valence-electron chi connectivity index (χ3n) is 3.21. The van der Waals surface area contributed by atoms with E-state index in [1.54, 1.807) is 6.07 Å². The molecule has 0 aliphatic carbocycles. The number of hydrogen-bond acceptors (Lipinski definition) is 4. The summed E-state index contributed by atoms with van der Waals surface area (Å²) in [5.41, 5.74) is 0. The summed E-state index contributed by atoms with van der Waals surface area (Å²) in [7, 11) is 0. The van der Waals surface area contributed by atoms with E-state index in [9.17, 15) is 4.79 Å². The number of hydrogen-bond donors (Lipinski definition) is 1. The summed E-state index contributed by atoms with van der Waals surface area (Å²) in [6, 6.07) is 1.35. The zero-order valence-corrected chi connectivity index (χ0v) is 12.1. The fourth-order valence-corrected chi connectivity index (χ4v) is 2.39. The first kappa shape index (κ1) is 14.1. The molecule has 104 valence electrons. The predicted octanol–water partition coefficient (Wildman–Crippen LogP) is 2.12. The lowest BCUT2D eigenvalue weighted by molar-refractivity contribution is -0.130. The Morgan fingerprint density at radius 1 is 1.47 bits per heavy atom. The van der Waals surface area contributed by atoms with Gasteiger partial charge in [0.05, 0.1) is 0 Å². The van der Waals surface area contributed by atoms with Crippen molar-refractivity contribution in [3.8, 4) is 0 Å². The van der Waals surface area contributed by atoms with E-state index in [0.717, 1.165) is 25.9 Å². The first-order chi connectivity index (χ1) is 9.10. The van der Waals surface area contributed by atoms with Gasteiger partial charge in [0, 0.05) is 25.6 Å². The molecule has 1 aromatic heterocycles.